The number of ether oxygens (including phenoxy) is 1. The van der Waals surface area contributed by atoms with Crippen LogP contribution in [0.5, 0.6) is 11.5 Å². The van der Waals surface area contributed by atoms with Crippen molar-refractivity contribution in [3.05, 3.63) is 58.7 Å². The molecule has 0 saturated carbocycles. The van der Waals surface area contributed by atoms with Crippen LogP contribution in [0.4, 0.5) is 0 Å². The molecule has 0 bridgehead atoms. The van der Waals surface area contributed by atoms with Crippen LogP contribution < -0.4 is 15.4 Å². The summed E-state index contributed by atoms with van der Waals surface area (Å²) in [7, 11) is 8.53. The number of aryl methyl sites for hydroxylation is 2. The first-order valence-electron chi connectivity index (χ1n) is 13.9. The Labute approximate surface area is 220 Å². The highest BCUT2D eigenvalue weighted by Gasteiger charge is 2.36. The molecule has 1 aliphatic heterocycles. The summed E-state index contributed by atoms with van der Waals surface area (Å²) < 4.78 is 6.77. The molecule has 0 aromatic heterocycles. The Bertz CT molecular complexity index is 865. The van der Waals surface area contributed by atoms with Gasteiger partial charge in [0.05, 0.1) is 0 Å². The first-order valence-corrected chi connectivity index (χ1v) is 13.9. The monoisotopic (exact) mass is 494 g/mol. The van der Waals surface area contributed by atoms with Crippen molar-refractivity contribution in [3.8, 4) is 11.5 Å². The molecule has 0 radical (unpaired) electrons. The summed E-state index contributed by atoms with van der Waals surface area (Å²) in [6, 6.07) is 13.4. The standard InChI is InChI=1S/C31H50N4O/c1-31(2)27-17-7-13-25(15-9-19-32-21-11-23-34(3)4)29(27)36-30-26(14-8-18-28(30)31)16-10-20-33-22-12-24-35(5)6/h7-8,13-14,17-18,32-33H,9-12,15-16,19-24H2,1-6H3. The third-order valence-corrected chi connectivity index (χ3v) is 7.26. The van der Waals surface area contributed by atoms with Crippen molar-refractivity contribution < 1.29 is 4.74 Å². The molecule has 0 atom stereocenters. The summed E-state index contributed by atoms with van der Waals surface area (Å²) in [5.74, 6) is 2.19. The molecule has 0 unspecified atom stereocenters. The first-order chi connectivity index (χ1) is 17.3. The van der Waals surface area contributed by atoms with Crippen LogP contribution in [0.15, 0.2) is 36.4 Å². The molecular formula is C31H50N4O. The number of hydrogen-bond donors (Lipinski definition) is 2. The van der Waals surface area contributed by atoms with E-state index in [2.05, 4.69) is 98.9 Å². The lowest BCUT2D eigenvalue weighted by molar-refractivity contribution is 0.393. The zero-order valence-corrected chi connectivity index (χ0v) is 23.8. The van der Waals surface area contributed by atoms with Gasteiger partial charge in [-0.1, -0.05) is 50.2 Å². The lowest BCUT2D eigenvalue weighted by atomic mass is 9.74. The fraction of sp³-hybridized carbons (Fsp3) is 0.613. The molecule has 3 rings (SSSR count). The topological polar surface area (TPSA) is 39.8 Å². The fourth-order valence-electron chi connectivity index (χ4n) is 5.13. The molecule has 36 heavy (non-hydrogen) atoms. The summed E-state index contributed by atoms with van der Waals surface area (Å²) in [4.78, 5) is 4.48. The van der Waals surface area contributed by atoms with Crippen LogP contribution in [0, 0.1) is 0 Å². The Kier molecular flexibility index (Phi) is 11.2. The van der Waals surface area contributed by atoms with Gasteiger partial charge in [-0.25, -0.2) is 0 Å². The highest BCUT2D eigenvalue weighted by molar-refractivity contribution is 5.61. The Morgan fingerprint density at radius 2 is 1.06 bits per heavy atom. The summed E-state index contributed by atoms with van der Waals surface area (Å²) in [5.41, 5.74) is 5.22. The van der Waals surface area contributed by atoms with Gasteiger partial charge in [-0.2, -0.15) is 0 Å². The second kappa shape index (κ2) is 14.1. The van der Waals surface area contributed by atoms with E-state index in [1.54, 1.807) is 0 Å². The van der Waals surface area contributed by atoms with E-state index < -0.39 is 0 Å². The van der Waals surface area contributed by atoms with Gasteiger partial charge in [-0.05, 0) is 117 Å². The molecule has 0 fully saturated rings. The van der Waals surface area contributed by atoms with Crippen LogP contribution in [0.25, 0.3) is 0 Å². The molecular weight excluding hydrogens is 444 g/mol. The number of nitrogens with one attached hydrogen (secondary N) is 2. The Morgan fingerprint density at radius 1 is 0.639 bits per heavy atom. The smallest absolute Gasteiger partial charge is 0.134 e. The molecule has 0 spiro atoms. The van der Waals surface area contributed by atoms with Gasteiger partial charge in [0.15, 0.2) is 0 Å². The molecule has 5 nitrogen and oxygen atoms in total. The van der Waals surface area contributed by atoms with Crippen molar-refractivity contribution in [3.63, 3.8) is 0 Å². The van der Waals surface area contributed by atoms with Crippen LogP contribution in [0.1, 0.15) is 61.8 Å². The van der Waals surface area contributed by atoms with E-state index in [4.69, 9.17) is 4.74 Å². The number of rotatable bonds is 16. The van der Waals surface area contributed by atoms with Crippen molar-refractivity contribution in [2.24, 2.45) is 0 Å². The van der Waals surface area contributed by atoms with Crippen LogP contribution in [-0.2, 0) is 18.3 Å². The number of fused-ring (bicyclic) bond motifs is 2. The fourth-order valence-corrected chi connectivity index (χ4v) is 5.13. The van der Waals surface area contributed by atoms with Crippen LogP contribution in [0.3, 0.4) is 0 Å². The first kappa shape index (κ1) is 28.6. The van der Waals surface area contributed by atoms with Crippen molar-refractivity contribution in [1.82, 2.24) is 20.4 Å². The number of benzene rings is 2. The summed E-state index contributed by atoms with van der Waals surface area (Å²) in [6.07, 6.45) is 6.70. The molecule has 2 aromatic carbocycles. The molecule has 2 aromatic rings. The number of para-hydroxylation sites is 2. The average Bonchev–Trinajstić information content (AvgIpc) is 2.83. The molecule has 1 aliphatic rings. The maximum absolute atomic E-state index is 6.77. The van der Waals surface area contributed by atoms with Crippen LogP contribution >= 0.6 is 0 Å². The predicted molar refractivity (Wildman–Crippen MR) is 154 cm³/mol. The second-order valence-electron chi connectivity index (χ2n) is 11.3. The third kappa shape index (κ3) is 8.04. The van der Waals surface area contributed by atoms with Gasteiger partial charge >= 0.3 is 0 Å². The molecule has 0 saturated heterocycles. The van der Waals surface area contributed by atoms with E-state index >= 15 is 0 Å². The summed E-state index contributed by atoms with van der Waals surface area (Å²) >= 11 is 0. The van der Waals surface area contributed by atoms with Gasteiger partial charge in [0.2, 0.25) is 0 Å². The average molecular weight is 495 g/mol. The largest absolute Gasteiger partial charge is 0.456 e. The minimum absolute atomic E-state index is 0.0657. The van der Waals surface area contributed by atoms with Crippen molar-refractivity contribution >= 4 is 0 Å². The highest BCUT2D eigenvalue weighted by Crippen LogP contribution is 2.50. The van der Waals surface area contributed by atoms with Gasteiger partial charge in [-0.15, -0.1) is 0 Å². The van der Waals surface area contributed by atoms with Crippen molar-refractivity contribution in [2.75, 3.05) is 67.5 Å². The van der Waals surface area contributed by atoms with Gasteiger partial charge in [0.1, 0.15) is 11.5 Å². The SMILES string of the molecule is CN(C)CCCNCCCc1cccc2c1Oc1c(CCCNCCCN(C)C)cccc1C2(C)C. The quantitative estimate of drug-likeness (QED) is 0.319. The summed E-state index contributed by atoms with van der Waals surface area (Å²) in [5, 5.41) is 7.21. The minimum Gasteiger partial charge on any atom is -0.456 e. The van der Waals surface area contributed by atoms with Gasteiger partial charge in [0.25, 0.3) is 0 Å². The number of hydrogen-bond acceptors (Lipinski definition) is 5. The zero-order chi connectivity index (χ0) is 26.0. The van der Waals surface area contributed by atoms with E-state index in [9.17, 15) is 0 Å². The second-order valence-corrected chi connectivity index (χ2v) is 11.3. The maximum Gasteiger partial charge on any atom is 0.134 e. The molecule has 200 valence electrons. The summed E-state index contributed by atoms with van der Waals surface area (Å²) in [6.45, 7) is 11.2. The Morgan fingerprint density at radius 3 is 1.47 bits per heavy atom. The Balaban J connectivity index is 1.61. The maximum atomic E-state index is 6.77. The van der Waals surface area contributed by atoms with Gasteiger partial charge in [0, 0.05) is 16.5 Å². The molecule has 0 amide bonds. The third-order valence-electron chi connectivity index (χ3n) is 7.26. The van der Waals surface area contributed by atoms with Crippen LogP contribution in [-0.4, -0.2) is 77.3 Å². The van der Waals surface area contributed by atoms with Crippen molar-refractivity contribution in [1.29, 1.82) is 0 Å². The molecule has 2 N–H and O–H groups in total. The van der Waals surface area contributed by atoms with Gasteiger partial charge in [-0.3, -0.25) is 0 Å². The van der Waals surface area contributed by atoms with E-state index in [1.807, 2.05) is 0 Å². The lowest BCUT2D eigenvalue weighted by Gasteiger charge is -2.36. The zero-order valence-electron chi connectivity index (χ0n) is 23.8. The van der Waals surface area contributed by atoms with E-state index in [1.165, 1.54) is 35.1 Å². The van der Waals surface area contributed by atoms with Crippen LogP contribution in [0.2, 0.25) is 0 Å². The van der Waals surface area contributed by atoms with E-state index in [0.29, 0.717) is 0 Å². The molecule has 0 aliphatic carbocycles. The normalized spacial score (nSPS) is 14.1. The van der Waals surface area contributed by atoms with E-state index in [0.717, 1.165) is 76.5 Å². The predicted octanol–water partition coefficient (Wildman–Crippen LogP) is 5.07. The number of nitrogens with zero attached hydrogens (tertiary/aromatic N) is 2. The lowest BCUT2D eigenvalue weighted by Crippen LogP contribution is -2.26. The molecule has 1 heterocycles. The van der Waals surface area contributed by atoms with Gasteiger partial charge < -0.3 is 25.2 Å². The van der Waals surface area contributed by atoms with Crippen molar-refractivity contribution in [2.45, 2.75) is 57.8 Å². The highest BCUT2D eigenvalue weighted by atomic mass is 16.5. The Hall–Kier alpha value is -1.92. The molecule has 5 heteroatoms. The van der Waals surface area contributed by atoms with E-state index in [-0.39, 0.29) is 5.41 Å². The minimum atomic E-state index is -0.0657.